The molecule has 0 fully saturated rings. The Bertz CT molecular complexity index is 511. The Morgan fingerprint density at radius 2 is 2.25 bits per heavy atom. The minimum absolute atomic E-state index is 0.601. The van der Waals surface area contributed by atoms with Gasteiger partial charge in [0.15, 0.2) is 0 Å². The van der Waals surface area contributed by atoms with Gasteiger partial charge in [0, 0.05) is 29.9 Å². The molecule has 1 aromatic carbocycles. The third kappa shape index (κ3) is 2.10. The van der Waals surface area contributed by atoms with Gasteiger partial charge in [-0.15, -0.1) is 0 Å². The number of aromatic nitrogens is 1. The molecular formula is C12H14ClN3. The monoisotopic (exact) mass is 235 g/mol. The van der Waals surface area contributed by atoms with Gasteiger partial charge in [0.1, 0.15) is 0 Å². The fraction of sp³-hybridized carbons (Fsp3) is 0.250. The van der Waals surface area contributed by atoms with Gasteiger partial charge in [-0.05, 0) is 19.1 Å². The van der Waals surface area contributed by atoms with Crippen LogP contribution in [0.5, 0.6) is 0 Å². The third-order valence-corrected chi connectivity index (χ3v) is 2.68. The minimum atomic E-state index is 0.601. The molecule has 1 heterocycles. The molecule has 0 saturated carbocycles. The number of nitrogens with one attached hydrogen (secondary N) is 1. The highest BCUT2D eigenvalue weighted by Gasteiger charge is 2.05. The first-order valence-corrected chi connectivity index (χ1v) is 5.60. The van der Waals surface area contributed by atoms with Gasteiger partial charge in [-0.1, -0.05) is 23.7 Å². The van der Waals surface area contributed by atoms with Crippen LogP contribution in [0.1, 0.15) is 5.69 Å². The van der Waals surface area contributed by atoms with E-state index in [2.05, 4.69) is 10.3 Å². The van der Waals surface area contributed by atoms with Crippen molar-refractivity contribution in [2.24, 2.45) is 5.73 Å². The summed E-state index contributed by atoms with van der Waals surface area (Å²) in [4.78, 5) is 4.44. The number of pyridine rings is 1. The number of hydrogen-bond donors (Lipinski definition) is 2. The van der Waals surface area contributed by atoms with Crippen LogP contribution in [0.15, 0.2) is 24.3 Å². The van der Waals surface area contributed by atoms with Crippen molar-refractivity contribution in [3.63, 3.8) is 0 Å². The van der Waals surface area contributed by atoms with Gasteiger partial charge < -0.3 is 11.1 Å². The Morgan fingerprint density at radius 1 is 1.44 bits per heavy atom. The Labute approximate surface area is 99.6 Å². The largest absolute Gasteiger partial charge is 0.383 e. The van der Waals surface area contributed by atoms with Gasteiger partial charge in [-0.3, -0.25) is 4.98 Å². The molecule has 0 aliphatic carbocycles. The number of halogens is 1. The summed E-state index contributed by atoms with van der Waals surface area (Å²) in [5.41, 5.74) is 8.30. The summed E-state index contributed by atoms with van der Waals surface area (Å²) >= 11 is 6.12. The van der Waals surface area contributed by atoms with Gasteiger partial charge in [-0.25, -0.2) is 0 Å². The Morgan fingerprint density at radius 3 is 3.00 bits per heavy atom. The van der Waals surface area contributed by atoms with E-state index in [9.17, 15) is 0 Å². The normalized spacial score (nSPS) is 10.7. The van der Waals surface area contributed by atoms with Crippen LogP contribution < -0.4 is 11.1 Å². The second-order valence-corrected chi connectivity index (χ2v) is 4.07. The molecule has 0 saturated heterocycles. The van der Waals surface area contributed by atoms with Gasteiger partial charge in [0.05, 0.1) is 10.5 Å². The third-order valence-electron chi connectivity index (χ3n) is 2.38. The zero-order chi connectivity index (χ0) is 11.5. The van der Waals surface area contributed by atoms with Gasteiger partial charge in [-0.2, -0.15) is 0 Å². The maximum absolute atomic E-state index is 6.12. The number of nitrogens with zero attached hydrogens (tertiary/aromatic N) is 1. The van der Waals surface area contributed by atoms with E-state index in [1.165, 1.54) is 0 Å². The van der Waals surface area contributed by atoms with E-state index in [4.69, 9.17) is 17.3 Å². The lowest BCUT2D eigenvalue weighted by Gasteiger charge is -2.10. The molecule has 3 nitrogen and oxygen atoms in total. The van der Waals surface area contributed by atoms with Crippen LogP contribution in [-0.4, -0.2) is 18.1 Å². The summed E-state index contributed by atoms with van der Waals surface area (Å²) < 4.78 is 0. The minimum Gasteiger partial charge on any atom is -0.383 e. The van der Waals surface area contributed by atoms with Crippen LogP contribution in [0.2, 0.25) is 5.02 Å². The predicted octanol–water partition coefficient (Wildman–Crippen LogP) is 2.57. The zero-order valence-corrected chi connectivity index (χ0v) is 9.88. The highest BCUT2D eigenvalue weighted by atomic mass is 35.5. The van der Waals surface area contributed by atoms with Gasteiger partial charge >= 0.3 is 0 Å². The molecule has 0 atom stereocenters. The summed E-state index contributed by atoms with van der Waals surface area (Å²) in [5.74, 6) is 0. The molecule has 0 spiro atoms. The molecular weight excluding hydrogens is 222 g/mol. The van der Waals surface area contributed by atoms with E-state index in [0.29, 0.717) is 11.6 Å². The van der Waals surface area contributed by atoms with Crippen LogP contribution in [-0.2, 0) is 0 Å². The number of hydrogen-bond acceptors (Lipinski definition) is 3. The number of rotatable bonds is 3. The summed E-state index contributed by atoms with van der Waals surface area (Å²) in [6.07, 6.45) is 0. The Hall–Kier alpha value is -1.32. The van der Waals surface area contributed by atoms with Crippen molar-refractivity contribution >= 4 is 28.2 Å². The SMILES string of the molecule is Cc1cc(NCCN)c2cccc(Cl)c2n1. The molecule has 0 aliphatic rings. The van der Waals surface area contributed by atoms with Crippen molar-refractivity contribution in [3.05, 3.63) is 35.0 Å². The first kappa shape index (κ1) is 11.2. The van der Waals surface area contributed by atoms with E-state index in [1.807, 2.05) is 31.2 Å². The second-order valence-electron chi connectivity index (χ2n) is 3.66. The van der Waals surface area contributed by atoms with Crippen molar-refractivity contribution in [3.8, 4) is 0 Å². The van der Waals surface area contributed by atoms with Crippen molar-refractivity contribution in [2.75, 3.05) is 18.4 Å². The molecule has 0 amide bonds. The summed E-state index contributed by atoms with van der Waals surface area (Å²) in [6, 6.07) is 7.79. The number of anilines is 1. The average molecular weight is 236 g/mol. The molecule has 84 valence electrons. The molecule has 0 radical (unpaired) electrons. The van der Waals surface area contributed by atoms with Gasteiger partial charge in [0.25, 0.3) is 0 Å². The molecule has 2 aromatic rings. The number of benzene rings is 1. The van der Waals surface area contributed by atoms with Crippen LogP contribution in [0.25, 0.3) is 10.9 Å². The van der Waals surface area contributed by atoms with E-state index in [-0.39, 0.29) is 0 Å². The van der Waals surface area contributed by atoms with E-state index in [1.54, 1.807) is 0 Å². The lowest BCUT2D eigenvalue weighted by atomic mass is 10.1. The maximum atomic E-state index is 6.12. The van der Waals surface area contributed by atoms with Crippen molar-refractivity contribution < 1.29 is 0 Å². The number of aryl methyl sites for hydroxylation is 1. The Balaban J connectivity index is 2.59. The number of nitrogens with two attached hydrogens (primary N) is 1. The molecule has 3 N–H and O–H groups in total. The Kier molecular flexibility index (Phi) is 3.27. The molecule has 16 heavy (non-hydrogen) atoms. The number of para-hydroxylation sites is 1. The van der Waals surface area contributed by atoms with Crippen molar-refractivity contribution in [1.82, 2.24) is 4.98 Å². The van der Waals surface area contributed by atoms with E-state index < -0.39 is 0 Å². The standard InChI is InChI=1S/C12H14ClN3/c1-8-7-11(15-6-5-14)9-3-2-4-10(13)12(9)16-8/h2-4,7H,5-6,14H2,1H3,(H,15,16). The van der Waals surface area contributed by atoms with Crippen molar-refractivity contribution in [2.45, 2.75) is 6.92 Å². The quantitative estimate of drug-likeness (QED) is 0.860. The number of fused-ring (bicyclic) bond motifs is 1. The fourth-order valence-electron chi connectivity index (χ4n) is 1.69. The lowest BCUT2D eigenvalue weighted by molar-refractivity contribution is 1.02. The maximum Gasteiger partial charge on any atom is 0.0912 e. The predicted molar refractivity (Wildman–Crippen MR) is 69.0 cm³/mol. The summed E-state index contributed by atoms with van der Waals surface area (Å²) in [5, 5.41) is 4.99. The smallest absolute Gasteiger partial charge is 0.0912 e. The topological polar surface area (TPSA) is 50.9 Å². The van der Waals surface area contributed by atoms with Crippen LogP contribution in [0.4, 0.5) is 5.69 Å². The second kappa shape index (κ2) is 4.68. The van der Waals surface area contributed by atoms with E-state index in [0.717, 1.165) is 28.8 Å². The average Bonchev–Trinajstić information content (AvgIpc) is 2.27. The highest BCUT2D eigenvalue weighted by Crippen LogP contribution is 2.28. The van der Waals surface area contributed by atoms with Crippen molar-refractivity contribution in [1.29, 1.82) is 0 Å². The van der Waals surface area contributed by atoms with Crippen LogP contribution in [0, 0.1) is 6.92 Å². The lowest BCUT2D eigenvalue weighted by Crippen LogP contribution is -2.13. The first-order chi connectivity index (χ1) is 7.72. The van der Waals surface area contributed by atoms with Gasteiger partial charge in [0.2, 0.25) is 0 Å². The molecule has 4 heteroatoms. The molecule has 1 aromatic heterocycles. The fourth-order valence-corrected chi connectivity index (χ4v) is 1.91. The van der Waals surface area contributed by atoms with Crippen LogP contribution >= 0.6 is 11.6 Å². The van der Waals surface area contributed by atoms with Crippen LogP contribution in [0.3, 0.4) is 0 Å². The first-order valence-electron chi connectivity index (χ1n) is 5.22. The molecule has 0 aliphatic heterocycles. The molecule has 0 bridgehead atoms. The summed E-state index contributed by atoms with van der Waals surface area (Å²) in [7, 11) is 0. The summed E-state index contributed by atoms with van der Waals surface area (Å²) in [6.45, 7) is 3.30. The highest BCUT2D eigenvalue weighted by molar-refractivity contribution is 6.35. The molecule has 0 unspecified atom stereocenters. The molecule has 2 rings (SSSR count). The van der Waals surface area contributed by atoms with E-state index >= 15 is 0 Å². The zero-order valence-electron chi connectivity index (χ0n) is 9.13.